The van der Waals surface area contributed by atoms with Crippen molar-refractivity contribution in [3.63, 3.8) is 0 Å². The topological polar surface area (TPSA) is 460 Å². The number of carbonyl (C=O) groups excluding carboxylic acids is 4. The molecule has 4 saturated heterocycles. The van der Waals surface area contributed by atoms with E-state index < -0.39 is 23.6 Å². The number of halogens is 1. The SMILES string of the molecule is Cc1cc(CNc2n[nH]c(Cc3ccc(N4CCN(C(C)C)CC4)cc3)c2C(N)=O)cc(C)c1O.Cc1cc(CNc2n[nH]c(Cc3ccc(N4CCOCC4)c(Cl)c3)c2C(N)=O)cc(C)c1O.Cc1cc(CNc2n[nH]c(Cc3ccc(N4CCOCC4)cc3)c2C(N)=O)cc(C)c1O.Cc1cc(CNc2n[nH]c(Cc3ccc(N4C[C@@H](C)O[C@@H](C)C4)cc3)c2C(N)=O)cc(C)c1O. The van der Waals surface area contributed by atoms with Gasteiger partial charge < -0.3 is 98.4 Å². The lowest BCUT2D eigenvalue weighted by molar-refractivity contribution is -0.00523. The second kappa shape index (κ2) is 44.6. The van der Waals surface area contributed by atoms with Crippen molar-refractivity contribution in [2.45, 2.75) is 153 Å². The molecule has 0 unspecified atom stereocenters. The molecule has 4 aromatic heterocycles. The van der Waals surface area contributed by atoms with Crippen molar-refractivity contribution in [3.05, 3.63) is 279 Å². The highest BCUT2D eigenvalue weighted by Crippen LogP contribution is 2.35. The summed E-state index contributed by atoms with van der Waals surface area (Å²) in [6, 6.07) is 46.9. The summed E-state index contributed by atoms with van der Waals surface area (Å²) in [5, 5.41) is 82.5. The number of morpholine rings is 3. The van der Waals surface area contributed by atoms with Crippen LogP contribution in [0.5, 0.6) is 23.0 Å². The van der Waals surface area contributed by atoms with Gasteiger partial charge in [0.05, 0.1) is 72.1 Å². The summed E-state index contributed by atoms with van der Waals surface area (Å²) in [5.74, 6) is 0.753. The quantitative estimate of drug-likeness (QED) is 0.0207. The van der Waals surface area contributed by atoms with Crippen LogP contribution in [-0.2, 0) is 66.1 Å². The summed E-state index contributed by atoms with van der Waals surface area (Å²) in [5.41, 5.74) is 45.9. The number of aromatic amines is 4. The fourth-order valence-electron chi connectivity index (χ4n) is 17.6. The molecule has 20 N–H and O–H groups in total. The van der Waals surface area contributed by atoms with Crippen LogP contribution in [0, 0.1) is 55.4 Å². The summed E-state index contributed by atoms with van der Waals surface area (Å²) >= 11 is 6.56. The number of aromatic nitrogens is 8. The van der Waals surface area contributed by atoms with Gasteiger partial charge in [-0.3, -0.25) is 44.5 Å². The van der Waals surface area contributed by atoms with Crippen LogP contribution in [0.1, 0.15) is 181 Å². The van der Waals surface area contributed by atoms with Gasteiger partial charge in [0.2, 0.25) is 0 Å². The smallest absolute Gasteiger partial charge is 0.254 e. The maximum Gasteiger partial charge on any atom is 0.254 e. The van der Waals surface area contributed by atoms with Crippen molar-refractivity contribution in [1.29, 1.82) is 0 Å². The summed E-state index contributed by atoms with van der Waals surface area (Å²) in [6.07, 6.45) is 2.41. The molecule has 0 aliphatic carbocycles. The van der Waals surface area contributed by atoms with E-state index in [2.05, 4.69) is 187 Å². The number of hydrogen-bond acceptors (Lipinski definition) is 24. The Kier molecular flexibility index (Phi) is 32.5. The number of benzene rings is 8. The second-order valence-electron chi connectivity index (χ2n) is 35.4. The van der Waals surface area contributed by atoms with E-state index in [4.69, 9.17) is 48.7 Å². The fourth-order valence-corrected chi connectivity index (χ4v) is 18.0. The normalized spacial score (nSPS) is 15.1. The van der Waals surface area contributed by atoms with Crippen LogP contribution >= 0.6 is 11.6 Å². The molecule has 32 nitrogen and oxygen atoms in total. The van der Waals surface area contributed by atoms with Gasteiger partial charge in [0.1, 0.15) is 45.3 Å². The van der Waals surface area contributed by atoms with Gasteiger partial charge in [-0.15, -0.1) is 0 Å². The van der Waals surface area contributed by atoms with E-state index >= 15 is 0 Å². The number of aromatic hydroxyl groups is 4. The van der Waals surface area contributed by atoms with E-state index in [1.165, 1.54) is 11.4 Å². The zero-order chi connectivity index (χ0) is 95.7. The predicted octanol–water partition coefficient (Wildman–Crippen LogP) is 13.6. The average Bonchev–Trinajstić information content (AvgIpc) is 1.70. The molecule has 134 heavy (non-hydrogen) atoms. The van der Waals surface area contributed by atoms with Crippen molar-refractivity contribution < 1.29 is 53.8 Å². The molecular formula is C101H126ClN21O11. The van der Waals surface area contributed by atoms with Gasteiger partial charge >= 0.3 is 0 Å². The first-order valence-electron chi connectivity index (χ1n) is 45.4. The van der Waals surface area contributed by atoms with Gasteiger partial charge in [0.15, 0.2) is 23.3 Å². The first-order valence-corrected chi connectivity index (χ1v) is 45.8. The van der Waals surface area contributed by atoms with Gasteiger partial charge in [0, 0.05) is 140 Å². The number of nitrogens with two attached hydrogens (primary N) is 4. The van der Waals surface area contributed by atoms with E-state index in [1.807, 2.05) is 122 Å². The Hall–Kier alpha value is -13.8. The Morgan fingerprint density at radius 3 is 0.910 bits per heavy atom. The molecule has 8 heterocycles. The van der Waals surface area contributed by atoms with Crippen molar-refractivity contribution in [3.8, 4) is 23.0 Å². The number of nitrogens with zero attached hydrogens (tertiary/aromatic N) is 9. The first-order chi connectivity index (χ1) is 64.2. The lowest BCUT2D eigenvalue weighted by Crippen LogP contribution is -2.48. The van der Waals surface area contributed by atoms with Crippen LogP contribution in [0.4, 0.5) is 46.0 Å². The molecule has 33 heteroatoms. The lowest BCUT2D eigenvalue weighted by Gasteiger charge is -2.38. The monoisotopic (exact) mass is 1840 g/mol. The molecule has 0 radical (unpaired) electrons. The number of carbonyl (C=O) groups is 4. The maximum absolute atomic E-state index is 12.3. The number of H-pyrrole nitrogens is 4. The second-order valence-corrected chi connectivity index (χ2v) is 35.8. The van der Waals surface area contributed by atoms with Crippen molar-refractivity contribution in [2.24, 2.45) is 22.9 Å². The van der Waals surface area contributed by atoms with Gasteiger partial charge in [-0.2, -0.15) is 20.4 Å². The molecule has 16 rings (SSSR count). The first kappa shape index (κ1) is 97.7. The van der Waals surface area contributed by atoms with Crippen LogP contribution in [0.15, 0.2) is 140 Å². The van der Waals surface area contributed by atoms with E-state index in [0.717, 1.165) is 179 Å². The van der Waals surface area contributed by atoms with E-state index in [-0.39, 0.29) is 18.0 Å². The number of primary amides is 4. The minimum Gasteiger partial charge on any atom is -0.507 e. The van der Waals surface area contributed by atoms with Crippen molar-refractivity contribution >= 4 is 81.3 Å². The molecular weight excluding hydrogens is 1720 g/mol. The number of nitrogens with one attached hydrogen (secondary N) is 8. The number of piperazine rings is 1. The number of phenols is 4. The number of amides is 4. The number of anilines is 8. The third-order valence-electron chi connectivity index (χ3n) is 24.7. The molecule has 8 aromatic carbocycles. The minimum absolute atomic E-state index is 0.201. The van der Waals surface area contributed by atoms with Gasteiger partial charge in [-0.25, -0.2) is 0 Å². The average molecular weight is 1850 g/mol. The predicted molar refractivity (Wildman–Crippen MR) is 527 cm³/mol. The van der Waals surface area contributed by atoms with E-state index in [1.54, 1.807) is 0 Å². The van der Waals surface area contributed by atoms with Crippen LogP contribution in [0.2, 0.25) is 5.02 Å². The minimum atomic E-state index is -0.560. The molecule has 708 valence electrons. The molecule has 0 bridgehead atoms. The molecule has 4 aliphatic rings. The summed E-state index contributed by atoms with van der Waals surface area (Å²) < 4.78 is 16.7. The zero-order valence-electron chi connectivity index (χ0n) is 78.4. The Balaban J connectivity index is 0.000000152. The number of phenolic OH excluding ortho intramolecular Hbond substituents is 4. The molecule has 2 atom stereocenters. The van der Waals surface area contributed by atoms with Gasteiger partial charge in [-0.1, -0.05) is 103 Å². The van der Waals surface area contributed by atoms with E-state index in [0.29, 0.717) is 162 Å². The highest BCUT2D eigenvalue weighted by atomic mass is 35.5. The molecule has 12 aromatic rings. The Morgan fingerprint density at radius 1 is 0.373 bits per heavy atom. The van der Waals surface area contributed by atoms with Crippen LogP contribution in [-0.4, -0.2) is 200 Å². The van der Waals surface area contributed by atoms with E-state index in [9.17, 15) is 39.6 Å². The lowest BCUT2D eigenvalue weighted by atomic mass is 10.0. The van der Waals surface area contributed by atoms with Gasteiger partial charge in [0.25, 0.3) is 23.6 Å². The zero-order valence-corrected chi connectivity index (χ0v) is 79.2. The number of ether oxygens (including phenoxy) is 3. The molecule has 4 fully saturated rings. The Bertz CT molecular complexity index is 5990. The number of aryl methyl sites for hydroxylation is 8. The van der Waals surface area contributed by atoms with Crippen molar-refractivity contribution in [1.82, 2.24) is 45.7 Å². The number of hydrogen-bond donors (Lipinski definition) is 16. The third-order valence-corrected chi connectivity index (χ3v) is 25.0. The highest BCUT2D eigenvalue weighted by Gasteiger charge is 2.28. The molecule has 0 saturated carbocycles. The molecule has 4 amide bonds. The molecule has 0 spiro atoms. The maximum atomic E-state index is 12.3. The standard InChI is InChI=1S/C27H36N6O2.C26H33N5O3.C24H28ClN5O3.C24H29N5O3/c1-17(2)32-9-11-33(12-10-32)22-7-5-20(6-8-22)15-23-24(26(28)35)27(31-30-23)29-16-21-13-18(3)25(34)19(4)14-21;1-15-9-20(10-16(2)24(15)32)12-28-26-23(25(27)33)22(29-30-26)11-19-5-7-21(8-6-19)31-13-17(3)34-18(4)14-31;1-14-9-17(10-15(2)22(14)31)13-27-24-21(23(26)32)19(28-29-24)12-16-3-4-20(18(25)11-16)30-5-7-33-8-6-30;1-15-11-18(12-16(2)22(15)30)14-26-24-21(23(25)31)20(27-28-24)13-17-3-5-19(6-4-17)29-7-9-32-10-8-29/h5-8,13-14,17,34H,9-12,15-16H2,1-4H3,(H2,28,35)(H2,29,30,31);5-10,17-18,32H,11-14H2,1-4H3,(H2,27,33)(H2,28,29,30);3-4,9-11,31H,5-8,12-13H2,1-2H3,(H2,26,32)(H2,27,28,29);3-6,11-12,30H,7-10,13-14H2,1-2H3,(H2,25,31)(H2,26,27,28)/t;17-,18+;;. The summed E-state index contributed by atoms with van der Waals surface area (Å²) in [4.78, 5) is 60.7. The van der Waals surface area contributed by atoms with Crippen LogP contribution < -0.4 is 63.8 Å². The van der Waals surface area contributed by atoms with Crippen LogP contribution in [0.25, 0.3) is 0 Å². The molecule has 4 aliphatic heterocycles. The highest BCUT2D eigenvalue weighted by molar-refractivity contribution is 6.33. The third kappa shape index (κ3) is 24.9. The summed E-state index contributed by atoms with van der Waals surface area (Å²) in [7, 11) is 0. The Labute approximate surface area is 786 Å². The van der Waals surface area contributed by atoms with Crippen molar-refractivity contribution in [2.75, 3.05) is 133 Å². The largest absolute Gasteiger partial charge is 0.507 e. The fraction of sp³-hybridized carbons (Fsp3) is 0.366. The summed E-state index contributed by atoms with van der Waals surface area (Å²) in [6.45, 7) is 37.6. The Morgan fingerprint density at radius 2 is 0.634 bits per heavy atom. The van der Waals surface area contributed by atoms with Crippen LogP contribution in [0.3, 0.4) is 0 Å². The van der Waals surface area contributed by atoms with Gasteiger partial charge in [-0.05, 0) is 221 Å². The number of rotatable bonds is 29.